The van der Waals surface area contributed by atoms with E-state index in [4.69, 9.17) is 4.74 Å². The van der Waals surface area contributed by atoms with E-state index in [1.165, 1.54) is 24.3 Å². The number of halogens is 1. The highest BCUT2D eigenvalue weighted by Crippen LogP contribution is 2.36. The van der Waals surface area contributed by atoms with Crippen LogP contribution in [0.5, 0.6) is 5.75 Å². The van der Waals surface area contributed by atoms with Gasteiger partial charge in [-0.1, -0.05) is 30.3 Å². The van der Waals surface area contributed by atoms with Gasteiger partial charge in [0.15, 0.2) is 0 Å². The maximum Gasteiger partial charge on any atom is 0.282 e. The van der Waals surface area contributed by atoms with E-state index in [-0.39, 0.29) is 11.3 Å². The summed E-state index contributed by atoms with van der Waals surface area (Å²) in [5.41, 5.74) is 3.82. The van der Waals surface area contributed by atoms with E-state index >= 15 is 0 Å². The molecular formula is C26H23FN2O3. The molecule has 5 nitrogen and oxygen atoms in total. The van der Waals surface area contributed by atoms with E-state index in [1.807, 2.05) is 45.0 Å². The van der Waals surface area contributed by atoms with Crippen molar-refractivity contribution in [2.75, 3.05) is 16.8 Å². The standard InChI is InChI=1S/C26H23FN2O3/c1-4-32-22-8-6-5-7-21(22)28-24-23(18-10-12-19(27)13-11-18)25(30)29(26(24)31)20-14-9-16(2)17(3)15-20/h5-15,28H,4H2,1-3H3. The number of hydrogen-bond donors (Lipinski definition) is 1. The Balaban J connectivity index is 1.83. The predicted octanol–water partition coefficient (Wildman–Crippen LogP) is 5.24. The van der Waals surface area contributed by atoms with Crippen molar-refractivity contribution in [3.05, 3.63) is 94.9 Å². The molecule has 6 heteroatoms. The molecule has 3 aromatic carbocycles. The highest BCUT2D eigenvalue weighted by atomic mass is 19.1. The summed E-state index contributed by atoms with van der Waals surface area (Å²) in [6.45, 7) is 6.21. The monoisotopic (exact) mass is 430 g/mol. The molecule has 4 rings (SSSR count). The highest BCUT2D eigenvalue weighted by molar-refractivity contribution is 6.46. The fourth-order valence-corrected chi connectivity index (χ4v) is 3.62. The second-order valence-corrected chi connectivity index (χ2v) is 7.53. The van der Waals surface area contributed by atoms with Crippen LogP contribution in [-0.4, -0.2) is 18.4 Å². The van der Waals surface area contributed by atoms with Gasteiger partial charge in [-0.3, -0.25) is 9.59 Å². The molecule has 0 aliphatic carbocycles. The molecule has 0 aromatic heterocycles. The quantitative estimate of drug-likeness (QED) is 0.544. The summed E-state index contributed by atoms with van der Waals surface area (Å²) in [4.78, 5) is 28.1. The minimum atomic E-state index is -0.483. The van der Waals surface area contributed by atoms with E-state index < -0.39 is 17.6 Å². The largest absolute Gasteiger partial charge is 0.492 e. The normalized spacial score (nSPS) is 13.7. The predicted molar refractivity (Wildman–Crippen MR) is 123 cm³/mol. The molecule has 0 atom stereocenters. The summed E-state index contributed by atoms with van der Waals surface area (Å²) in [5, 5.41) is 3.11. The Morgan fingerprint density at radius 3 is 2.31 bits per heavy atom. The Morgan fingerprint density at radius 2 is 1.62 bits per heavy atom. The fraction of sp³-hybridized carbons (Fsp3) is 0.154. The summed E-state index contributed by atoms with van der Waals surface area (Å²) in [5.74, 6) is -0.815. The zero-order chi connectivity index (χ0) is 22.8. The van der Waals surface area contributed by atoms with Gasteiger partial charge in [0, 0.05) is 0 Å². The summed E-state index contributed by atoms with van der Waals surface area (Å²) >= 11 is 0. The van der Waals surface area contributed by atoms with Gasteiger partial charge in [-0.05, 0) is 73.9 Å². The second kappa shape index (κ2) is 8.67. The van der Waals surface area contributed by atoms with Crippen molar-refractivity contribution >= 4 is 28.8 Å². The van der Waals surface area contributed by atoms with Gasteiger partial charge in [-0.25, -0.2) is 9.29 Å². The number of hydrogen-bond acceptors (Lipinski definition) is 4. The molecule has 0 saturated heterocycles. The molecule has 0 bridgehead atoms. The third kappa shape index (κ3) is 3.87. The second-order valence-electron chi connectivity index (χ2n) is 7.53. The SMILES string of the molecule is CCOc1ccccc1NC1=C(c2ccc(F)cc2)C(=O)N(c2ccc(C)c(C)c2)C1=O. The number of imide groups is 1. The van der Waals surface area contributed by atoms with Crippen LogP contribution in [0, 0.1) is 19.7 Å². The number of ether oxygens (including phenoxy) is 1. The van der Waals surface area contributed by atoms with Crippen molar-refractivity contribution in [1.82, 2.24) is 0 Å². The van der Waals surface area contributed by atoms with E-state index in [1.54, 1.807) is 18.2 Å². The van der Waals surface area contributed by atoms with Gasteiger partial charge in [0.1, 0.15) is 17.3 Å². The molecule has 1 aliphatic heterocycles. The van der Waals surface area contributed by atoms with Crippen molar-refractivity contribution in [1.29, 1.82) is 0 Å². The van der Waals surface area contributed by atoms with Crippen molar-refractivity contribution in [3.63, 3.8) is 0 Å². The Kier molecular flexibility index (Phi) is 5.77. The average molecular weight is 430 g/mol. The number of carbonyl (C=O) groups excluding carboxylic acids is 2. The number of benzene rings is 3. The first kappa shape index (κ1) is 21.3. The van der Waals surface area contributed by atoms with E-state index in [2.05, 4.69) is 5.32 Å². The lowest BCUT2D eigenvalue weighted by atomic mass is 10.0. The van der Waals surface area contributed by atoms with Crippen LogP contribution in [-0.2, 0) is 9.59 Å². The van der Waals surface area contributed by atoms with Crippen molar-refractivity contribution in [2.24, 2.45) is 0 Å². The molecule has 32 heavy (non-hydrogen) atoms. The lowest BCUT2D eigenvalue weighted by Gasteiger charge is -2.17. The first-order valence-corrected chi connectivity index (χ1v) is 10.4. The van der Waals surface area contributed by atoms with Crippen LogP contribution in [0.3, 0.4) is 0 Å². The van der Waals surface area contributed by atoms with Crippen LogP contribution in [0.15, 0.2) is 72.4 Å². The lowest BCUT2D eigenvalue weighted by Crippen LogP contribution is -2.32. The van der Waals surface area contributed by atoms with Gasteiger partial charge in [-0.15, -0.1) is 0 Å². The molecule has 1 aliphatic rings. The molecule has 2 amide bonds. The Morgan fingerprint density at radius 1 is 0.906 bits per heavy atom. The maximum atomic E-state index is 13.5. The van der Waals surface area contributed by atoms with E-state index in [9.17, 15) is 14.0 Å². The molecule has 0 spiro atoms. The summed E-state index contributed by atoms with van der Waals surface area (Å²) in [6, 6.07) is 18.2. The number of nitrogens with one attached hydrogen (secondary N) is 1. The topological polar surface area (TPSA) is 58.6 Å². The summed E-state index contributed by atoms with van der Waals surface area (Å²) < 4.78 is 19.2. The van der Waals surface area contributed by atoms with Gasteiger partial charge >= 0.3 is 0 Å². The number of amides is 2. The smallest absolute Gasteiger partial charge is 0.282 e. The van der Waals surface area contributed by atoms with Crippen LogP contribution in [0.2, 0.25) is 0 Å². The van der Waals surface area contributed by atoms with Crippen molar-refractivity contribution < 1.29 is 18.7 Å². The molecule has 3 aromatic rings. The highest BCUT2D eigenvalue weighted by Gasteiger charge is 2.40. The van der Waals surface area contributed by atoms with Crippen LogP contribution >= 0.6 is 0 Å². The number of para-hydroxylation sites is 2. The molecule has 0 unspecified atom stereocenters. The van der Waals surface area contributed by atoms with E-state index in [0.29, 0.717) is 29.3 Å². The zero-order valence-corrected chi connectivity index (χ0v) is 18.1. The fourth-order valence-electron chi connectivity index (χ4n) is 3.62. The minimum absolute atomic E-state index is 0.118. The van der Waals surface area contributed by atoms with Gasteiger partial charge in [-0.2, -0.15) is 0 Å². The molecule has 162 valence electrons. The molecule has 0 radical (unpaired) electrons. The average Bonchev–Trinajstić information content (AvgIpc) is 3.02. The summed E-state index contributed by atoms with van der Waals surface area (Å²) in [6.07, 6.45) is 0. The van der Waals surface area contributed by atoms with Crippen LogP contribution in [0.4, 0.5) is 15.8 Å². The van der Waals surface area contributed by atoms with Crippen LogP contribution < -0.4 is 15.0 Å². The third-order valence-corrected chi connectivity index (χ3v) is 5.41. The van der Waals surface area contributed by atoms with Gasteiger partial charge in [0.05, 0.1) is 23.6 Å². The van der Waals surface area contributed by atoms with Crippen LogP contribution in [0.1, 0.15) is 23.6 Å². The Labute approximate surface area is 186 Å². The van der Waals surface area contributed by atoms with Crippen molar-refractivity contribution in [3.8, 4) is 5.75 Å². The molecule has 1 N–H and O–H groups in total. The van der Waals surface area contributed by atoms with Gasteiger partial charge < -0.3 is 10.1 Å². The number of anilines is 2. The molecule has 0 fully saturated rings. The number of carbonyl (C=O) groups is 2. The number of nitrogens with zero attached hydrogens (tertiary/aromatic N) is 1. The lowest BCUT2D eigenvalue weighted by molar-refractivity contribution is -0.120. The minimum Gasteiger partial charge on any atom is -0.492 e. The first-order chi connectivity index (χ1) is 15.4. The van der Waals surface area contributed by atoms with E-state index in [0.717, 1.165) is 16.0 Å². The Hall–Kier alpha value is -3.93. The van der Waals surface area contributed by atoms with Gasteiger partial charge in [0.25, 0.3) is 11.8 Å². The van der Waals surface area contributed by atoms with Crippen molar-refractivity contribution in [2.45, 2.75) is 20.8 Å². The maximum absolute atomic E-state index is 13.5. The van der Waals surface area contributed by atoms with Crippen LogP contribution in [0.25, 0.3) is 5.57 Å². The molecular weight excluding hydrogens is 407 g/mol. The number of aryl methyl sites for hydroxylation is 2. The third-order valence-electron chi connectivity index (χ3n) is 5.41. The zero-order valence-electron chi connectivity index (χ0n) is 18.1. The Bertz CT molecular complexity index is 1230. The molecule has 0 saturated carbocycles. The summed E-state index contributed by atoms with van der Waals surface area (Å²) in [7, 11) is 0. The molecule has 1 heterocycles. The van der Waals surface area contributed by atoms with Gasteiger partial charge in [0.2, 0.25) is 0 Å². The first-order valence-electron chi connectivity index (χ1n) is 10.4. The number of rotatable bonds is 6.